The Kier molecular flexibility index (Phi) is 3.95. The van der Waals surface area contributed by atoms with Crippen LogP contribution in [0.5, 0.6) is 0 Å². The Morgan fingerprint density at radius 1 is 1.17 bits per heavy atom. The van der Waals surface area contributed by atoms with E-state index in [0.717, 1.165) is 35.9 Å². The van der Waals surface area contributed by atoms with Crippen LogP contribution < -0.4 is 4.90 Å². The molecule has 0 aromatic carbocycles. The average molecular weight is 317 g/mol. The monoisotopic (exact) mass is 317 g/mol. The maximum atomic E-state index is 12.7. The van der Waals surface area contributed by atoms with Gasteiger partial charge in [0, 0.05) is 43.9 Å². The van der Waals surface area contributed by atoms with Gasteiger partial charge in [-0.15, -0.1) is 0 Å². The molecule has 1 amide bonds. The van der Waals surface area contributed by atoms with Crippen LogP contribution in [-0.4, -0.2) is 58.3 Å². The number of carbonyl (C=O) groups excluding carboxylic acids is 1. The fraction of sp³-hybridized carbons (Fsp3) is 0.625. The van der Waals surface area contributed by atoms with E-state index in [0.29, 0.717) is 19.5 Å². The number of nitrogens with zero attached hydrogens (tertiary/aromatic N) is 5. The fourth-order valence-corrected chi connectivity index (χ4v) is 3.15. The van der Waals surface area contributed by atoms with E-state index in [1.54, 1.807) is 6.33 Å². The lowest BCUT2D eigenvalue weighted by Crippen LogP contribution is -2.55. The van der Waals surface area contributed by atoms with Crippen LogP contribution in [0.25, 0.3) is 0 Å². The molecule has 0 bridgehead atoms. The normalized spacial score (nSPS) is 24.4. The van der Waals surface area contributed by atoms with Crippen molar-refractivity contribution in [3.63, 3.8) is 0 Å². The summed E-state index contributed by atoms with van der Waals surface area (Å²) in [5.74, 6) is 0.987. The van der Waals surface area contributed by atoms with Crippen molar-refractivity contribution in [1.29, 1.82) is 0 Å². The van der Waals surface area contributed by atoms with E-state index in [1.165, 1.54) is 0 Å². The van der Waals surface area contributed by atoms with Gasteiger partial charge in [0.1, 0.15) is 12.1 Å². The average Bonchev–Trinajstić information content (AvgIpc) is 2.90. The predicted octanol–water partition coefficient (Wildman–Crippen LogP) is 1.30. The molecule has 1 atom stereocenters. The molecule has 0 spiro atoms. The lowest BCUT2D eigenvalue weighted by atomic mass is 9.98. The minimum absolute atomic E-state index is 0.0216. The molecule has 7 nitrogen and oxygen atoms in total. The first-order valence-electron chi connectivity index (χ1n) is 7.95. The Hall–Kier alpha value is -2.18. The summed E-state index contributed by atoms with van der Waals surface area (Å²) >= 11 is 0. The highest BCUT2D eigenvalue weighted by molar-refractivity contribution is 5.94. The minimum atomic E-state index is -0.840. The second-order valence-electron chi connectivity index (χ2n) is 6.51. The van der Waals surface area contributed by atoms with Crippen molar-refractivity contribution in [2.45, 2.75) is 39.7 Å². The number of aryl methyl sites for hydroxylation is 1. The zero-order chi connectivity index (χ0) is 16.6. The van der Waals surface area contributed by atoms with Gasteiger partial charge in [-0.05, 0) is 27.7 Å². The van der Waals surface area contributed by atoms with Gasteiger partial charge in [0.05, 0.1) is 5.71 Å². The largest absolute Gasteiger partial charge is 0.379 e. The Bertz CT molecular complexity index is 652. The maximum absolute atomic E-state index is 12.7. The second kappa shape index (κ2) is 5.79. The smallest absolute Gasteiger partial charge is 0.269 e. The molecule has 0 N–H and O–H groups in total. The van der Waals surface area contributed by atoms with Crippen molar-refractivity contribution in [3.05, 3.63) is 17.6 Å². The summed E-state index contributed by atoms with van der Waals surface area (Å²) in [5.41, 5.74) is 2.12. The Labute approximate surface area is 136 Å². The van der Waals surface area contributed by atoms with Crippen molar-refractivity contribution in [1.82, 2.24) is 14.9 Å². The molecule has 3 rings (SSSR count). The lowest BCUT2D eigenvalue weighted by molar-refractivity contribution is -0.153. The number of anilines is 1. The van der Waals surface area contributed by atoms with Crippen LogP contribution in [0.3, 0.4) is 0 Å². The second-order valence-corrected chi connectivity index (χ2v) is 6.51. The van der Waals surface area contributed by atoms with Crippen LogP contribution >= 0.6 is 0 Å². The summed E-state index contributed by atoms with van der Waals surface area (Å²) < 4.78 is 0. The van der Waals surface area contributed by atoms with Gasteiger partial charge in [-0.25, -0.2) is 9.97 Å². The first-order valence-corrected chi connectivity index (χ1v) is 7.95. The van der Waals surface area contributed by atoms with Crippen molar-refractivity contribution < 1.29 is 9.63 Å². The third-order valence-corrected chi connectivity index (χ3v) is 4.62. The molecular weight excluding hydrogens is 294 g/mol. The molecule has 2 aliphatic rings. The molecule has 2 aliphatic heterocycles. The molecule has 1 saturated heterocycles. The molecule has 124 valence electrons. The molecule has 1 aromatic rings. The molecule has 0 aliphatic carbocycles. The first-order chi connectivity index (χ1) is 10.9. The minimum Gasteiger partial charge on any atom is -0.379 e. The van der Waals surface area contributed by atoms with Gasteiger partial charge in [-0.2, -0.15) is 0 Å². The molecule has 0 radical (unpaired) electrons. The molecular formula is C16H23N5O2. The topological polar surface area (TPSA) is 70.9 Å². The highest BCUT2D eigenvalue weighted by Gasteiger charge is 2.44. The lowest BCUT2D eigenvalue weighted by Gasteiger charge is -2.38. The zero-order valence-electron chi connectivity index (χ0n) is 14.2. The third-order valence-electron chi connectivity index (χ3n) is 4.62. The van der Waals surface area contributed by atoms with Crippen LogP contribution in [0.2, 0.25) is 0 Å². The number of piperazine rings is 1. The van der Waals surface area contributed by atoms with Gasteiger partial charge >= 0.3 is 0 Å². The SMILES string of the molecule is CC1=NO[C@](C)(C(=O)N2CCN(c3ncnc(C)c3C)CC2)C1. The number of hydrogen-bond donors (Lipinski definition) is 0. The van der Waals surface area contributed by atoms with Crippen molar-refractivity contribution in [2.24, 2.45) is 5.16 Å². The molecule has 1 fully saturated rings. The van der Waals surface area contributed by atoms with E-state index in [9.17, 15) is 4.79 Å². The van der Waals surface area contributed by atoms with Gasteiger partial charge in [-0.1, -0.05) is 5.16 Å². The summed E-state index contributed by atoms with van der Waals surface area (Å²) in [6, 6.07) is 0. The molecule has 1 aromatic heterocycles. The standard InChI is InChI=1S/C16H23N5O2/c1-11-9-16(4,23-19-11)15(22)21-7-5-20(6-8-21)14-12(2)13(3)17-10-18-14/h10H,5-9H2,1-4H3/t16-/m0/s1. The van der Waals surface area contributed by atoms with Gasteiger partial charge < -0.3 is 14.6 Å². The van der Waals surface area contributed by atoms with Gasteiger partial charge in [-0.3, -0.25) is 4.79 Å². The number of oxime groups is 1. The quantitative estimate of drug-likeness (QED) is 0.822. The van der Waals surface area contributed by atoms with Gasteiger partial charge in [0.15, 0.2) is 0 Å². The fourth-order valence-electron chi connectivity index (χ4n) is 3.15. The predicted molar refractivity (Wildman–Crippen MR) is 87.5 cm³/mol. The van der Waals surface area contributed by atoms with E-state index < -0.39 is 5.60 Å². The van der Waals surface area contributed by atoms with Crippen LogP contribution in [0.4, 0.5) is 5.82 Å². The number of rotatable bonds is 2. The molecule has 0 saturated carbocycles. The summed E-state index contributed by atoms with van der Waals surface area (Å²) in [6.45, 7) is 10.6. The molecule has 0 unspecified atom stereocenters. The Morgan fingerprint density at radius 3 is 2.48 bits per heavy atom. The number of carbonyl (C=O) groups is 1. The molecule has 3 heterocycles. The molecule has 7 heteroatoms. The highest BCUT2D eigenvalue weighted by Crippen LogP contribution is 2.27. The van der Waals surface area contributed by atoms with Crippen LogP contribution in [-0.2, 0) is 9.63 Å². The van der Waals surface area contributed by atoms with Crippen LogP contribution in [0.1, 0.15) is 31.5 Å². The maximum Gasteiger partial charge on any atom is 0.269 e. The van der Waals surface area contributed by atoms with Gasteiger partial charge in [0.2, 0.25) is 5.60 Å². The Morgan fingerprint density at radius 2 is 1.87 bits per heavy atom. The number of amides is 1. The summed E-state index contributed by atoms with van der Waals surface area (Å²) in [4.78, 5) is 30.8. The van der Waals surface area contributed by atoms with E-state index in [1.807, 2.05) is 32.6 Å². The highest BCUT2D eigenvalue weighted by atomic mass is 16.7. The third kappa shape index (κ3) is 2.87. The van der Waals surface area contributed by atoms with E-state index in [4.69, 9.17) is 4.84 Å². The first kappa shape index (κ1) is 15.7. The molecule has 23 heavy (non-hydrogen) atoms. The zero-order valence-corrected chi connectivity index (χ0v) is 14.2. The van der Waals surface area contributed by atoms with Crippen LogP contribution in [0.15, 0.2) is 11.5 Å². The summed E-state index contributed by atoms with van der Waals surface area (Å²) in [6.07, 6.45) is 2.17. The van der Waals surface area contributed by atoms with E-state index in [-0.39, 0.29) is 5.91 Å². The van der Waals surface area contributed by atoms with Crippen molar-refractivity contribution >= 4 is 17.4 Å². The summed E-state index contributed by atoms with van der Waals surface area (Å²) in [7, 11) is 0. The van der Waals surface area contributed by atoms with Gasteiger partial charge in [0.25, 0.3) is 5.91 Å². The van der Waals surface area contributed by atoms with Crippen molar-refractivity contribution in [3.8, 4) is 0 Å². The van der Waals surface area contributed by atoms with Crippen molar-refractivity contribution in [2.75, 3.05) is 31.1 Å². The van der Waals surface area contributed by atoms with E-state index in [2.05, 4.69) is 20.0 Å². The Balaban J connectivity index is 1.65. The number of hydrogen-bond acceptors (Lipinski definition) is 6. The number of aromatic nitrogens is 2. The van der Waals surface area contributed by atoms with E-state index >= 15 is 0 Å². The summed E-state index contributed by atoms with van der Waals surface area (Å²) in [5, 5.41) is 3.93. The van der Waals surface area contributed by atoms with Crippen LogP contribution in [0, 0.1) is 13.8 Å².